The van der Waals surface area contributed by atoms with Crippen LogP contribution in [0, 0.1) is 58.2 Å². The molecule has 0 aromatic heterocycles. The number of fused-ring (bicyclic) bond motifs is 6. The zero-order valence-electron chi connectivity index (χ0n) is 14.1. The van der Waals surface area contributed by atoms with E-state index in [1.165, 1.54) is 32.1 Å². The van der Waals surface area contributed by atoms with Gasteiger partial charge in [0.1, 0.15) is 5.78 Å². The normalized spacial score (nSPS) is 67.5. The van der Waals surface area contributed by atoms with Crippen LogP contribution >= 0.6 is 0 Å². The summed E-state index contributed by atoms with van der Waals surface area (Å²) in [5.41, 5.74) is 0.314. The van der Waals surface area contributed by atoms with E-state index in [4.69, 9.17) is 0 Å². The summed E-state index contributed by atoms with van der Waals surface area (Å²) >= 11 is 0. The van der Waals surface area contributed by atoms with Crippen LogP contribution < -0.4 is 0 Å². The second-order valence-electron chi connectivity index (χ2n) is 9.87. The summed E-state index contributed by atoms with van der Waals surface area (Å²) in [6, 6.07) is 0. The van der Waals surface area contributed by atoms with Crippen LogP contribution in [0.25, 0.3) is 0 Å². The summed E-state index contributed by atoms with van der Waals surface area (Å²) in [6.45, 7) is 9.73. The Labute approximate surface area is 129 Å². The Kier molecular flexibility index (Phi) is 2.25. The quantitative estimate of drug-likeness (QED) is 0.638. The van der Waals surface area contributed by atoms with E-state index in [1.807, 2.05) is 0 Å². The Balaban J connectivity index is 1.46. The molecule has 0 aromatic carbocycles. The molecule has 5 fully saturated rings. The van der Waals surface area contributed by atoms with Crippen molar-refractivity contribution in [1.82, 2.24) is 0 Å². The van der Waals surface area contributed by atoms with Gasteiger partial charge < -0.3 is 0 Å². The highest BCUT2D eigenvalue weighted by molar-refractivity contribution is 5.98. The Hall–Kier alpha value is -0.330. The van der Waals surface area contributed by atoms with Crippen LogP contribution in [-0.4, -0.2) is 5.78 Å². The number of carbonyl (C=O) groups excluding carboxylic acids is 1. The summed E-state index contributed by atoms with van der Waals surface area (Å²) < 4.78 is 0. The van der Waals surface area contributed by atoms with E-state index in [-0.39, 0.29) is 10.8 Å². The van der Waals surface area contributed by atoms with Crippen LogP contribution in [0.15, 0.2) is 0 Å². The van der Waals surface area contributed by atoms with Crippen molar-refractivity contribution in [2.24, 2.45) is 58.2 Å². The molecule has 0 aromatic rings. The largest absolute Gasteiger partial charge is 0.298 e. The molecule has 1 heteroatoms. The molecule has 10 atom stereocenters. The van der Waals surface area contributed by atoms with Crippen molar-refractivity contribution in [2.45, 2.75) is 59.8 Å². The molecule has 21 heavy (non-hydrogen) atoms. The molecule has 5 saturated carbocycles. The van der Waals surface area contributed by atoms with Gasteiger partial charge in [-0.1, -0.05) is 27.7 Å². The van der Waals surface area contributed by atoms with Gasteiger partial charge in [-0.05, 0) is 79.4 Å². The number of rotatable bonds is 0. The first-order chi connectivity index (χ1) is 9.91. The molecular formula is C20H30O. The van der Waals surface area contributed by atoms with Gasteiger partial charge in [0.2, 0.25) is 0 Å². The summed E-state index contributed by atoms with van der Waals surface area (Å²) in [4.78, 5) is 13.5. The van der Waals surface area contributed by atoms with Gasteiger partial charge in [0.25, 0.3) is 0 Å². The van der Waals surface area contributed by atoms with Gasteiger partial charge in [-0.3, -0.25) is 4.79 Å². The van der Waals surface area contributed by atoms with Crippen LogP contribution in [0.1, 0.15) is 59.8 Å². The van der Waals surface area contributed by atoms with E-state index in [2.05, 4.69) is 27.7 Å². The smallest absolute Gasteiger partial charge is 0.145 e. The molecule has 0 N–H and O–H groups in total. The predicted octanol–water partition coefficient (Wildman–Crippen LogP) is 4.56. The van der Waals surface area contributed by atoms with Gasteiger partial charge in [-0.25, -0.2) is 0 Å². The second kappa shape index (κ2) is 3.60. The molecule has 5 rings (SSSR count). The number of hydrogen-bond donors (Lipinski definition) is 0. The minimum absolute atomic E-state index is 0.157. The minimum atomic E-state index is 0.157. The van der Waals surface area contributed by atoms with Crippen molar-refractivity contribution in [3.63, 3.8) is 0 Å². The fraction of sp³-hybridized carbons (Fsp3) is 0.950. The monoisotopic (exact) mass is 286 g/mol. The highest BCUT2D eigenvalue weighted by Gasteiger charge is 2.76. The lowest BCUT2D eigenvalue weighted by Crippen LogP contribution is -2.64. The van der Waals surface area contributed by atoms with E-state index in [9.17, 15) is 4.79 Å². The van der Waals surface area contributed by atoms with Crippen molar-refractivity contribution >= 4 is 5.78 Å². The van der Waals surface area contributed by atoms with Crippen LogP contribution in [0.4, 0.5) is 0 Å². The first kappa shape index (κ1) is 13.1. The molecule has 0 saturated heterocycles. The molecule has 0 radical (unpaired) electrons. The predicted molar refractivity (Wildman–Crippen MR) is 83.6 cm³/mol. The average Bonchev–Trinajstić information content (AvgIpc) is 3.17. The zero-order chi connectivity index (χ0) is 14.7. The molecular weight excluding hydrogens is 256 g/mol. The minimum Gasteiger partial charge on any atom is -0.298 e. The summed E-state index contributed by atoms with van der Waals surface area (Å²) in [6.07, 6.45) is 6.53. The molecule has 0 aliphatic heterocycles. The van der Waals surface area contributed by atoms with E-state index in [1.54, 1.807) is 0 Å². The highest BCUT2D eigenvalue weighted by atomic mass is 16.1. The highest BCUT2D eigenvalue weighted by Crippen LogP contribution is 2.77. The third-order valence-electron chi connectivity index (χ3n) is 9.74. The first-order valence-corrected chi connectivity index (χ1v) is 9.45. The van der Waals surface area contributed by atoms with E-state index in [0.717, 1.165) is 53.1 Å². The van der Waals surface area contributed by atoms with Gasteiger partial charge in [-0.2, -0.15) is 0 Å². The SMILES string of the molecule is CC1C2CC(C1C)C1(C2)CC2(CC3CC2C(C)C3C)C1=O. The van der Waals surface area contributed by atoms with Crippen LogP contribution in [0.3, 0.4) is 0 Å². The fourth-order valence-electron chi connectivity index (χ4n) is 8.38. The van der Waals surface area contributed by atoms with Gasteiger partial charge >= 0.3 is 0 Å². The zero-order valence-corrected chi connectivity index (χ0v) is 14.1. The maximum atomic E-state index is 13.5. The van der Waals surface area contributed by atoms with E-state index < -0.39 is 0 Å². The first-order valence-electron chi connectivity index (χ1n) is 9.45. The number of Topliss-reactive ketones (excluding diaryl/α,β-unsaturated/α-hetero) is 1. The van der Waals surface area contributed by atoms with Gasteiger partial charge in [0.05, 0.1) is 0 Å². The van der Waals surface area contributed by atoms with Crippen LogP contribution in [0.5, 0.6) is 0 Å². The number of hydrogen-bond acceptors (Lipinski definition) is 1. The molecule has 0 amide bonds. The van der Waals surface area contributed by atoms with Crippen LogP contribution in [0.2, 0.25) is 0 Å². The molecule has 116 valence electrons. The molecule has 5 aliphatic rings. The molecule has 2 spiro atoms. The van der Waals surface area contributed by atoms with Crippen molar-refractivity contribution in [2.75, 3.05) is 0 Å². The maximum absolute atomic E-state index is 13.5. The number of ketones is 1. The summed E-state index contributed by atoms with van der Waals surface area (Å²) in [5.74, 6) is 7.27. The molecule has 4 bridgehead atoms. The third-order valence-corrected chi connectivity index (χ3v) is 9.74. The Bertz CT molecular complexity index is 476. The van der Waals surface area contributed by atoms with Crippen molar-refractivity contribution < 1.29 is 4.79 Å². The lowest BCUT2D eigenvalue weighted by atomic mass is 9.40. The van der Waals surface area contributed by atoms with Gasteiger partial charge in [-0.15, -0.1) is 0 Å². The van der Waals surface area contributed by atoms with Gasteiger partial charge in [0.15, 0.2) is 0 Å². The Morgan fingerprint density at radius 2 is 1.19 bits per heavy atom. The Morgan fingerprint density at radius 1 is 0.762 bits per heavy atom. The van der Waals surface area contributed by atoms with Gasteiger partial charge in [0, 0.05) is 10.8 Å². The third kappa shape index (κ3) is 1.20. The summed E-state index contributed by atoms with van der Waals surface area (Å²) in [5, 5.41) is 0. The van der Waals surface area contributed by atoms with Crippen molar-refractivity contribution in [3.05, 3.63) is 0 Å². The second-order valence-corrected chi connectivity index (χ2v) is 9.87. The topological polar surface area (TPSA) is 17.1 Å². The van der Waals surface area contributed by atoms with Crippen molar-refractivity contribution in [3.8, 4) is 0 Å². The summed E-state index contributed by atoms with van der Waals surface area (Å²) in [7, 11) is 0. The lowest BCUT2D eigenvalue weighted by molar-refractivity contribution is -0.179. The average molecular weight is 286 g/mol. The molecule has 5 aliphatic carbocycles. The molecule has 0 heterocycles. The lowest BCUT2D eigenvalue weighted by Gasteiger charge is -2.61. The van der Waals surface area contributed by atoms with Crippen LogP contribution in [-0.2, 0) is 4.79 Å². The van der Waals surface area contributed by atoms with Crippen molar-refractivity contribution in [1.29, 1.82) is 0 Å². The standard InChI is InChI=1S/C20H30O/c1-10-12(3)16-5-14(10)7-19(16)9-20(18(19)21)8-15-6-17(20)13(4)11(15)2/h10-17H,5-9H2,1-4H3. The van der Waals surface area contributed by atoms with E-state index >= 15 is 0 Å². The Morgan fingerprint density at radius 3 is 1.48 bits per heavy atom. The molecule has 10 unspecified atom stereocenters. The number of carbonyl (C=O) groups is 1. The maximum Gasteiger partial charge on any atom is 0.145 e. The van der Waals surface area contributed by atoms with E-state index in [0.29, 0.717) is 0 Å². The fourth-order valence-corrected chi connectivity index (χ4v) is 8.38. The molecule has 1 nitrogen and oxygen atoms in total.